The number of likely N-dealkylation sites (tertiary alicyclic amines) is 1. The van der Waals surface area contributed by atoms with Gasteiger partial charge in [-0.15, -0.1) is 0 Å². The van der Waals surface area contributed by atoms with Crippen molar-refractivity contribution in [2.75, 3.05) is 20.7 Å². The number of aryl methyl sites for hydroxylation is 1. The standard InChI is InChI=1S/C22H29N3O/c1-25-16-6-5-8-19(25)13-10-17-7-3-4-9-21(17)24-22(23)18-11-14-20(26-2)15-12-18/h3-4,7,9,11-12,14-15,19H,5-6,8,10,13,16H2,1-2H3,(H2,23,24). The number of ether oxygens (including phenoxy) is 1. The highest BCUT2D eigenvalue weighted by Crippen LogP contribution is 2.25. The number of aliphatic imine (C=N–C) groups is 1. The van der Waals surface area contributed by atoms with Crippen molar-refractivity contribution in [2.45, 2.75) is 38.1 Å². The van der Waals surface area contributed by atoms with Gasteiger partial charge in [0.15, 0.2) is 0 Å². The van der Waals surface area contributed by atoms with Crippen molar-refractivity contribution >= 4 is 11.5 Å². The van der Waals surface area contributed by atoms with E-state index in [1.807, 2.05) is 30.3 Å². The molecular weight excluding hydrogens is 322 g/mol. The Morgan fingerprint density at radius 1 is 1.15 bits per heavy atom. The third-order valence-electron chi connectivity index (χ3n) is 5.29. The van der Waals surface area contributed by atoms with Gasteiger partial charge in [-0.25, -0.2) is 4.99 Å². The van der Waals surface area contributed by atoms with E-state index in [-0.39, 0.29) is 0 Å². The number of hydrogen-bond donors (Lipinski definition) is 1. The van der Waals surface area contributed by atoms with Crippen LogP contribution in [-0.2, 0) is 6.42 Å². The van der Waals surface area contributed by atoms with E-state index >= 15 is 0 Å². The van der Waals surface area contributed by atoms with Gasteiger partial charge in [-0.05, 0) is 75.2 Å². The highest BCUT2D eigenvalue weighted by molar-refractivity contribution is 5.99. The molecule has 2 aromatic rings. The molecule has 3 rings (SSSR count). The molecule has 1 aliphatic heterocycles. The average molecular weight is 351 g/mol. The molecular formula is C22H29N3O. The predicted octanol–water partition coefficient (Wildman–Crippen LogP) is 4.15. The van der Waals surface area contributed by atoms with Crippen LogP contribution in [0.25, 0.3) is 0 Å². The molecule has 2 aromatic carbocycles. The summed E-state index contributed by atoms with van der Waals surface area (Å²) in [4.78, 5) is 7.21. The van der Waals surface area contributed by atoms with Crippen LogP contribution >= 0.6 is 0 Å². The maximum absolute atomic E-state index is 6.25. The second-order valence-corrected chi connectivity index (χ2v) is 7.02. The van der Waals surface area contributed by atoms with Crippen LogP contribution in [0.5, 0.6) is 5.75 Å². The normalized spacial score (nSPS) is 18.7. The number of rotatable bonds is 6. The molecule has 1 heterocycles. The minimum atomic E-state index is 0.537. The highest BCUT2D eigenvalue weighted by atomic mass is 16.5. The first-order chi connectivity index (χ1) is 12.7. The van der Waals surface area contributed by atoms with Crippen LogP contribution in [0.2, 0.25) is 0 Å². The molecule has 4 nitrogen and oxygen atoms in total. The van der Waals surface area contributed by atoms with E-state index in [1.165, 1.54) is 37.8 Å². The number of methoxy groups -OCH3 is 1. The van der Waals surface area contributed by atoms with Crippen molar-refractivity contribution in [2.24, 2.45) is 10.7 Å². The molecule has 0 bridgehead atoms. The average Bonchev–Trinajstić information content (AvgIpc) is 2.68. The number of hydrogen-bond acceptors (Lipinski definition) is 3. The zero-order valence-electron chi connectivity index (χ0n) is 15.8. The Morgan fingerprint density at radius 2 is 1.92 bits per heavy atom. The van der Waals surface area contributed by atoms with Crippen LogP contribution < -0.4 is 10.5 Å². The number of piperidine rings is 1. The van der Waals surface area contributed by atoms with Crippen molar-refractivity contribution in [3.63, 3.8) is 0 Å². The first-order valence-corrected chi connectivity index (χ1v) is 9.44. The number of para-hydroxylation sites is 1. The van der Waals surface area contributed by atoms with E-state index in [9.17, 15) is 0 Å². The third-order valence-corrected chi connectivity index (χ3v) is 5.29. The van der Waals surface area contributed by atoms with Crippen LogP contribution in [0.1, 0.15) is 36.8 Å². The summed E-state index contributed by atoms with van der Waals surface area (Å²) in [6.45, 7) is 1.22. The van der Waals surface area contributed by atoms with Crippen LogP contribution in [0.4, 0.5) is 5.69 Å². The minimum absolute atomic E-state index is 0.537. The lowest BCUT2D eigenvalue weighted by Crippen LogP contribution is -2.36. The lowest BCUT2D eigenvalue weighted by atomic mass is 9.96. The van der Waals surface area contributed by atoms with Gasteiger partial charge in [0.1, 0.15) is 11.6 Å². The summed E-state index contributed by atoms with van der Waals surface area (Å²) >= 11 is 0. The van der Waals surface area contributed by atoms with Crippen molar-refractivity contribution in [3.8, 4) is 5.75 Å². The van der Waals surface area contributed by atoms with Crippen LogP contribution in [0.3, 0.4) is 0 Å². The summed E-state index contributed by atoms with van der Waals surface area (Å²) < 4.78 is 5.20. The molecule has 1 aliphatic rings. The topological polar surface area (TPSA) is 50.9 Å². The zero-order valence-corrected chi connectivity index (χ0v) is 15.8. The van der Waals surface area contributed by atoms with E-state index in [0.29, 0.717) is 11.9 Å². The summed E-state index contributed by atoms with van der Waals surface area (Å²) in [5.41, 5.74) is 9.40. The minimum Gasteiger partial charge on any atom is -0.497 e. The van der Waals surface area contributed by atoms with E-state index in [1.54, 1.807) is 7.11 Å². The summed E-state index contributed by atoms with van der Waals surface area (Å²) in [5, 5.41) is 0. The summed E-state index contributed by atoms with van der Waals surface area (Å²) in [7, 11) is 3.90. The lowest BCUT2D eigenvalue weighted by Gasteiger charge is -2.32. The fraction of sp³-hybridized carbons (Fsp3) is 0.409. The van der Waals surface area contributed by atoms with Gasteiger partial charge < -0.3 is 15.4 Å². The predicted molar refractivity (Wildman–Crippen MR) is 108 cm³/mol. The van der Waals surface area contributed by atoms with Crippen LogP contribution in [-0.4, -0.2) is 37.5 Å². The summed E-state index contributed by atoms with van der Waals surface area (Å²) in [5.74, 6) is 1.36. The molecule has 138 valence electrons. The molecule has 0 radical (unpaired) electrons. The molecule has 4 heteroatoms. The molecule has 1 unspecified atom stereocenters. The number of nitrogens with zero attached hydrogens (tertiary/aromatic N) is 2. The third kappa shape index (κ3) is 4.64. The number of benzene rings is 2. The molecule has 0 aromatic heterocycles. The van der Waals surface area contributed by atoms with Crippen molar-refractivity contribution in [1.82, 2.24) is 4.90 Å². The van der Waals surface area contributed by atoms with Crippen molar-refractivity contribution in [3.05, 3.63) is 59.7 Å². The Balaban J connectivity index is 1.73. The zero-order chi connectivity index (χ0) is 18.4. The molecule has 1 atom stereocenters. The second-order valence-electron chi connectivity index (χ2n) is 7.02. The maximum Gasteiger partial charge on any atom is 0.131 e. The highest BCUT2D eigenvalue weighted by Gasteiger charge is 2.18. The quantitative estimate of drug-likeness (QED) is 0.628. The summed E-state index contributed by atoms with van der Waals surface area (Å²) in [6, 6.07) is 16.7. The molecule has 0 saturated carbocycles. The maximum atomic E-state index is 6.25. The molecule has 0 amide bonds. The number of nitrogens with two attached hydrogens (primary N) is 1. The second kappa shape index (κ2) is 8.86. The monoisotopic (exact) mass is 351 g/mol. The van der Waals surface area contributed by atoms with E-state index < -0.39 is 0 Å². The van der Waals surface area contributed by atoms with Crippen molar-refractivity contribution < 1.29 is 4.74 Å². The largest absolute Gasteiger partial charge is 0.497 e. The van der Waals surface area contributed by atoms with Crippen LogP contribution in [0, 0.1) is 0 Å². The fourth-order valence-electron chi connectivity index (χ4n) is 3.62. The van der Waals surface area contributed by atoms with E-state index in [2.05, 4.69) is 30.1 Å². The Labute approximate surface area is 156 Å². The lowest BCUT2D eigenvalue weighted by molar-refractivity contribution is 0.176. The van der Waals surface area contributed by atoms with Gasteiger partial charge in [-0.1, -0.05) is 24.6 Å². The van der Waals surface area contributed by atoms with Gasteiger partial charge in [-0.2, -0.15) is 0 Å². The van der Waals surface area contributed by atoms with Gasteiger partial charge in [0.25, 0.3) is 0 Å². The molecule has 0 aliphatic carbocycles. The summed E-state index contributed by atoms with van der Waals surface area (Å²) in [6.07, 6.45) is 6.18. The van der Waals surface area contributed by atoms with Gasteiger partial charge in [0.05, 0.1) is 12.8 Å². The first kappa shape index (κ1) is 18.5. The van der Waals surface area contributed by atoms with Crippen molar-refractivity contribution in [1.29, 1.82) is 0 Å². The van der Waals surface area contributed by atoms with Gasteiger partial charge in [0, 0.05) is 11.6 Å². The number of amidine groups is 1. The molecule has 1 fully saturated rings. The molecule has 2 N–H and O–H groups in total. The van der Waals surface area contributed by atoms with Gasteiger partial charge in [0.2, 0.25) is 0 Å². The Hall–Kier alpha value is -2.33. The molecule has 0 spiro atoms. The SMILES string of the molecule is COc1ccc(C(N)=Nc2ccccc2CCC2CCCCN2C)cc1. The van der Waals surface area contributed by atoms with Gasteiger partial charge in [-0.3, -0.25) is 0 Å². The fourth-order valence-corrected chi connectivity index (χ4v) is 3.62. The van der Waals surface area contributed by atoms with Gasteiger partial charge >= 0.3 is 0 Å². The van der Waals surface area contributed by atoms with E-state index in [0.717, 1.165) is 23.4 Å². The van der Waals surface area contributed by atoms with E-state index in [4.69, 9.17) is 15.5 Å². The Kier molecular flexibility index (Phi) is 6.29. The first-order valence-electron chi connectivity index (χ1n) is 9.44. The van der Waals surface area contributed by atoms with Crippen LogP contribution in [0.15, 0.2) is 53.5 Å². The molecule has 1 saturated heterocycles. The molecule has 26 heavy (non-hydrogen) atoms. The Morgan fingerprint density at radius 3 is 2.65 bits per heavy atom. The smallest absolute Gasteiger partial charge is 0.131 e. The Bertz CT molecular complexity index is 739.